The smallest absolute Gasteiger partial charge is 0.0615 e. The molecule has 16 heavy (non-hydrogen) atoms. The van der Waals surface area contributed by atoms with E-state index >= 15 is 0 Å². The van der Waals surface area contributed by atoms with E-state index in [1.54, 1.807) is 0 Å². The summed E-state index contributed by atoms with van der Waals surface area (Å²) in [5.41, 5.74) is 3.13. The second kappa shape index (κ2) is 4.89. The molecule has 2 heteroatoms. The molecule has 0 bridgehead atoms. The summed E-state index contributed by atoms with van der Waals surface area (Å²) in [7, 11) is 0. The maximum atomic E-state index is 5.74. The van der Waals surface area contributed by atoms with Gasteiger partial charge in [-0.1, -0.05) is 40.2 Å². The van der Waals surface area contributed by atoms with Crippen molar-refractivity contribution in [2.45, 2.75) is 32.8 Å². The number of aryl methyl sites for hydroxylation is 1. The van der Waals surface area contributed by atoms with E-state index in [-0.39, 0.29) is 5.41 Å². The summed E-state index contributed by atoms with van der Waals surface area (Å²) in [6.45, 7) is 5.29. The number of benzene rings is 1. The van der Waals surface area contributed by atoms with E-state index in [4.69, 9.17) is 4.74 Å². The van der Waals surface area contributed by atoms with E-state index in [2.05, 4.69) is 54.0 Å². The average Bonchev–Trinajstić information content (AvgIpc) is 2.64. The quantitative estimate of drug-likeness (QED) is 0.768. The Hall–Kier alpha value is -0.340. The molecule has 0 saturated carbocycles. The van der Waals surface area contributed by atoms with Crippen LogP contribution in [0.15, 0.2) is 24.3 Å². The first-order valence-electron chi connectivity index (χ1n) is 5.90. The van der Waals surface area contributed by atoms with E-state index in [9.17, 15) is 0 Å². The zero-order chi connectivity index (χ0) is 11.6. The first-order valence-corrected chi connectivity index (χ1v) is 7.02. The minimum atomic E-state index is 0.284. The molecule has 1 heterocycles. The van der Waals surface area contributed by atoms with E-state index in [0.29, 0.717) is 6.10 Å². The molecular formula is C14H19BrO. The van der Waals surface area contributed by atoms with Crippen molar-refractivity contribution in [3.05, 3.63) is 35.4 Å². The lowest BCUT2D eigenvalue weighted by atomic mass is 9.77. The van der Waals surface area contributed by atoms with Crippen LogP contribution in [0.3, 0.4) is 0 Å². The summed E-state index contributed by atoms with van der Waals surface area (Å²) in [5, 5.41) is 1.02. The summed E-state index contributed by atoms with van der Waals surface area (Å²) in [4.78, 5) is 0. The molecule has 2 atom stereocenters. The Bertz CT molecular complexity index is 364. The monoisotopic (exact) mass is 282 g/mol. The highest BCUT2D eigenvalue weighted by Gasteiger charge is 2.40. The Balaban J connectivity index is 2.22. The van der Waals surface area contributed by atoms with Gasteiger partial charge in [0.2, 0.25) is 0 Å². The number of rotatable bonds is 3. The van der Waals surface area contributed by atoms with E-state index in [0.717, 1.165) is 24.8 Å². The Labute approximate surface area is 106 Å². The fourth-order valence-corrected chi connectivity index (χ4v) is 3.40. The first kappa shape index (κ1) is 12.1. The van der Waals surface area contributed by atoms with Crippen LogP contribution in [0.2, 0.25) is 0 Å². The molecule has 88 valence electrons. The van der Waals surface area contributed by atoms with Gasteiger partial charge in [-0.2, -0.15) is 0 Å². The van der Waals surface area contributed by atoms with Crippen molar-refractivity contribution in [3.8, 4) is 0 Å². The van der Waals surface area contributed by atoms with Gasteiger partial charge in [-0.3, -0.25) is 0 Å². The molecule has 0 amide bonds. The summed E-state index contributed by atoms with van der Waals surface area (Å²) in [6, 6.07) is 8.67. The second-order valence-electron chi connectivity index (χ2n) is 4.86. The third kappa shape index (κ3) is 2.18. The molecule has 1 aliphatic heterocycles. The number of ether oxygens (including phenoxy) is 1. The van der Waals surface area contributed by atoms with Crippen molar-refractivity contribution in [3.63, 3.8) is 0 Å². The van der Waals surface area contributed by atoms with Crippen LogP contribution < -0.4 is 0 Å². The number of alkyl halides is 1. The van der Waals surface area contributed by atoms with Crippen LogP contribution in [0.25, 0.3) is 0 Å². The second-order valence-corrected chi connectivity index (χ2v) is 5.42. The van der Waals surface area contributed by atoms with Gasteiger partial charge in [0.15, 0.2) is 0 Å². The number of hydrogen-bond acceptors (Lipinski definition) is 1. The van der Waals surface area contributed by atoms with Gasteiger partial charge in [0.05, 0.1) is 6.10 Å². The van der Waals surface area contributed by atoms with Crippen LogP contribution in [-0.4, -0.2) is 18.0 Å². The van der Waals surface area contributed by atoms with Gasteiger partial charge in [0.25, 0.3) is 0 Å². The van der Waals surface area contributed by atoms with Crippen molar-refractivity contribution >= 4 is 15.9 Å². The number of halogens is 1. The van der Waals surface area contributed by atoms with E-state index in [1.165, 1.54) is 11.1 Å². The highest BCUT2D eigenvalue weighted by molar-refractivity contribution is 9.09. The zero-order valence-corrected chi connectivity index (χ0v) is 11.6. The topological polar surface area (TPSA) is 9.23 Å². The summed E-state index contributed by atoms with van der Waals surface area (Å²) >= 11 is 3.68. The van der Waals surface area contributed by atoms with Crippen LogP contribution in [0.1, 0.15) is 24.5 Å². The molecule has 0 aromatic heterocycles. The molecule has 0 N–H and O–H groups in total. The lowest BCUT2D eigenvalue weighted by molar-refractivity contribution is 0.0746. The number of hydrogen-bond donors (Lipinski definition) is 0. The van der Waals surface area contributed by atoms with Crippen molar-refractivity contribution in [2.75, 3.05) is 11.9 Å². The minimum absolute atomic E-state index is 0.284. The third-order valence-corrected chi connectivity index (χ3v) is 5.02. The van der Waals surface area contributed by atoms with Crippen molar-refractivity contribution in [1.82, 2.24) is 0 Å². The molecular weight excluding hydrogens is 264 g/mol. The molecule has 1 aromatic carbocycles. The van der Waals surface area contributed by atoms with Crippen LogP contribution in [0.5, 0.6) is 0 Å². The lowest BCUT2D eigenvalue weighted by Gasteiger charge is -2.30. The Kier molecular flexibility index (Phi) is 3.70. The molecule has 1 aliphatic rings. The third-order valence-electron chi connectivity index (χ3n) is 3.90. The zero-order valence-electron chi connectivity index (χ0n) is 10.0. The van der Waals surface area contributed by atoms with E-state index in [1.807, 2.05) is 0 Å². The van der Waals surface area contributed by atoms with Crippen molar-refractivity contribution in [2.24, 2.45) is 5.41 Å². The Morgan fingerprint density at radius 3 is 2.75 bits per heavy atom. The Morgan fingerprint density at radius 1 is 1.44 bits per heavy atom. The summed E-state index contributed by atoms with van der Waals surface area (Å²) < 4.78 is 5.74. The average molecular weight is 283 g/mol. The fourth-order valence-electron chi connectivity index (χ4n) is 2.46. The molecule has 0 radical (unpaired) electrons. The van der Waals surface area contributed by atoms with E-state index < -0.39 is 0 Å². The SMILES string of the molecule is Cc1ccccc1CC1(CBr)CCOC1C. The minimum Gasteiger partial charge on any atom is -0.378 e. The van der Waals surface area contributed by atoms with Crippen LogP contribution in [-0.2, 0) is 11.2 Å². The maximum Gasteiger partial charge on any atom is 0.0615 e. The molecule has 2 rings (SSSR count). The molecule has 2 unspecified atom stereocenters. The molecule has 1 fully saturated rings. The normalized spacial score (nSPS) is 29.6. The highest BCUT2D eigenvalue weighted by atomic mass is 79.9. The van der Waals surface area contributed by atoms with Crippen molar-refractivity contribution in [1.29, 1.82) is 0 Å². The molecule has 1 nitrogen and oxygen atoms in total. The van der Waals surface area contributed by atoms with Gasteiger partial charge >= 0.3 is 0 Å². The fraction of sp³-hybridized carbons (Fsp3) is 0.571. The van der Waals surface area contributed by atoms with Gasteiger partial charge in [-0.25, -0.2) is 0 Å². The maximum absolute atomic E-state index is 5.74. The van der Waals surface area contributed by atoms with Gasteiger partial charge < -0.3 is 4.74 Å². The van der Waals surface area contributed by atoms with Gasteiger partial charge in [-0.15, -0.1) is 0 Å². The molecule has 0 aliphatic carbocycles. The predicted molar refractivity (Wildman–Crippen MR) is 71.1 cm³/mol. The first-order chi connectivity index (χ1) is 7.68. The molecule has 0 spiro atoms. The summed E-state index contributed by atoms with van der Waals surface area (Å²) in [6.07, 6.45) is 2.63. The van der Waals surface area contributed by atoms with Crippen LogP contribution in [0, 0.1) is 12.3 Å². The van der Waals surface area contributed by atoms with Crippen LogP contribution in [0.4, 0.5) is 0 Å². The van der Waals surface area contributed by atoms with Crippen LogP contribution >= 0.6 is 15.9 Å². The highest BCUT2D eigenvalue weighted by Crippen LogP contribution is 2.40. The largest absolute Gasteiger partial charge is 0.378 e. The van der Waals surface area contributed by atoms with Crippen molar-refractivity contribution < 1.29 is 4.74 Å². The molecule has 1 aromatic rings. The lowest BCUT2D eigenvalue weighted by Crippen LogP contribution is -2.33. The predicted octanol–water partition coefficient (Wildman–Crippen LogP) is 3.73. The molecule has 1 saturated heterocycles. The Morgan fingerprint density at radius 2 is 2.19 bits per heavy atom. The summed E-state index contributed by atoms with van der Waals surface area (Å²) in [5.74, 6) is 0. The van der Waals surface area contributed by atoms with Gasteiger partial charge in [0, 0.05) is 17.4 Å². The standard InChI is InChI=1S/C14H19BrO/c1-11-5-3-4-6-13(11)9-14(10-15)7-8-16-12(14)2/h3-6,12H,7-10H2,1-2H3. The van der Waals surface area contributed by atoms with Gasteiger partial charge in [0.1, 0.15) is 0 Å². The van der Waals surface area contributed by atoms with Gasteiger partial charge in [-0.05, 0) is 37.8 Å².